The molecule has 0 heterocycles. The highest BCUT2D eigenvalue weighted by atomic mass is 14.3. The van der Waals surface area contributed by atoms with E-state index in [1.165, 1.54) is 56.6 Å². The number of hydrogen-bond donors (Lipinski definition) is 0. The van der Waals surface area contributed by atoms with E-state index in [1.54, 1.807) is 5.56 Å². The topological polar surface area (TPSA) is 23.8 Å². The quantitative estimate of drug-likeness (QED) is 0.426. The maximum atomic E-state index is 8.42. The first-order chi connectivity index (χ1) is 11.3. The molecule has 0 amide bonds. The second-order valence-corrected chi connectivity index (χ2v) is 6.70. The molecule has 122 valence electrons. The number of nitriles is 1. The summed E-state index contributed by atoms with van der Waals surface area (Å²) in [5.74, 6) is 1.66. The Morgan fingerprint density at radius 1 is 1.09 bits per heavy atom. The van der Waals surface area contributed by atoms with Gasteiger partial charge in [-0.3, -0.25) is 0 Å². The average Bonchev–Trinajstić information content (AvgIpc) is 2.60. The lowest BCUT2D eigenvalue weighted by atomic mass is 9.77. The van der Waals surface area contributed by atoms with Crippen molar-refractivity contribution in [3.05, 3.63) is 59.7 Å². The van der Waals surface area contributed by atoms with Crippen LogP contribution in [0.25, 0.3) is 0 Å². The van der Waals surface area contributed by atoms with Crippen molar-refractivity contribution in [3.8, 4) is 6.07 Å². The molecule has 0 atom stereocenters. The second-order valence-electron chi connectivity index (χ2n) is 6.70. The third kappa shape index (κ3) is 6.06. The van der Waals surface area contributed by atoms with Gasteiger partial charge in [0.15, 0.2) is 0 Å². The molecule has 0 aromatic heterocycles. The van der Waals surface area contributed by atoms with Gasteiger partial charge in [0.05, 0.1) is 6.07 Å². The van der Waals surface area contributed by atoms with Gasteiger partial charge < -0.3 is 0 Å². The van der Waals surface area contributed by atoms with Gasteiger partial charge in [-0.2, -0.15) is 5.26 Å². The van der Waals surface area contributed by atoms with Gasteiger partial charge in [0.1, 0.15) is 0 Å². The minimum absolute atomic E-state index is 0.774. The summed E-state index contributed by atoms with van der Waals surface area (Å²) in [4.78, 5) is 0. The van der Waals surface area contributed by atoms with Crippen LogP contribution in [-0.2, 0) is 6.42 Å². The molecule has 1 heteroatoms. The van der Waals surface area contributed by atoms with Crippen molar-refractivity contribution < 1.29 is 0 Å². The van der Waals surface area contributed by atoms with Crippen LogP contribution in [-0.4, -0.2) is 0 Å². The molecular formula is C22H29N. The first-order valence-electron chi connectivity index (χ1n) is 9.13. The Labute approximate surface area is 141 Å². The van der Waals surface area contributed by atoms with Crippen molar-refractivity contribution in [2.45, 2.75) is 64.2 Å². The Balaban J connectivity index is 1.72. The van der Waals surface area contributed by atoms with E-state index >= 15 is 0 Å². The predicted molar refractivity (Wildman–Crippen MR) is 98.3 cm³/mol. The van der Waals surface area contributed by atoms with E-state index < -0.39 is 0 Å². The van der Waals surface area contributed by atoms with Crippen molar-refractivity contribution in [1.82, 2.24) is 0 Å². The Morgan fingerprint density at radius 3 is 2.48 bits per heavy atom. The maximum absolute atomic E-state index is 8.42. The molecule has 1 aromatic carbocycles. The highest BCUT2D eigenvalue weighted by Crippen LogP contribution is 2.37. The number of nitrogens with zero attached hydrogens (tertiary/aromatic N) is 1. The van der Waals surface area contributed by atoms with Crippen LogP contribution in [0.3, 0.4) is 0 Å². The van der Waals surface area contributed by atoms with Gasteiger partial charge in [-0.05, 0) is 67.9 Å². The van der Waals surface area contributed by atoms with Crippen molar-refractivity contribution in [1.29, 1.82) is 5.26 Å². The largest absolute Gasteiger partial charge is 0.193 e. The molecule has 0 radical (unpaired) electrons. The van der Waals surface area contributed by atoms with Gasteiger partial charge in [-0.25, -0.2) is 0 Å². The summed E-state index contributed by atoms with van der Waals surface area (Å²) in [7, 11) is 0. The van der Waals surface area contributed by atoms with E-state index in [9.17, 15) is 0 Å². The first-order valence-corrected chi connectivity index (χ1v) is 9.13. The van der Waals surface area contributed by atoms with Crippen molar-refractivity contribution in [2.75, 3.05) is 0 Å². The third-order valence-electron chi connectivity index (χ3n) is 5.00. The van der Waals surface area contributed by atoms with E-state index in [0.29, 0.717) is 0 Å². The molecule has 0 saturated heterocycles. The summed E-state index contributed by atoms with van der Waals surface area (Å²) in [6.07, 6.45) is 17.8. The minimum Gasteiger partial charge on any atom is -0.193 e. The van der Waals surface area contributed by atoms with Crippen LogP contribution >= 0.6 is 0 Å². The van der Waals surface area contributed by atoms with Gasteiger partial charge in [0.25, 0.3) is 0 Å². The zero-order chi connectivity index (χ0) is 16.3. The fourth-order valence-electron chi connectivity index (χ4n) is 3.63. The summed E-state index contributed by atoms with van der Waals surface area (Å²) in [5, 5.41) is 8.42. The SMILES string of the molecule is CCCc1ccc([C@H]2CC[C@H](CC/C=C/C=C/C#N)CC2)cc1. The van der Waals surface area contributed by atoms with E-state index in [0.717, 1.165) is 18.3 Å². The van der Waals surface area contributed by atoms with Gasteiger partial charge in [-0.15, -0.1) is 0 Å². The zero-order valence-corrected chi connectivity index (χ0v) is 14.4. The highest BCUT2D eigenvalue weighted by molar-refractivity contribution is 5.25. The predicted octanol–water partition coefficient (Wildman–Crippen LogP) is 6.33. The molecule has 1 aliphatic carbocycles. The molecule has 1 saturated carbocycles. The van der Waals surface area contributed by atoms with Crippen molar-refractivity contribution in [2.24, 2.45) is 5.92 Å². The minimum atomic E-state index is 0.774. The molecule has 0 spiro atoms. The summed E-state index contributed by atoms with van der Waals surface area (Å²) in [6.45, 7) is 2.24. The lowest BCUT2D eigenvalue weighted by Gasteiger charge is -2.28. The average molecular weight is 307 g/mol. The fraction of sp³-hybridized carbons (Fsp3) is 0.500. The summed E-state index contributed by atoms with van der Waals surface area (Å²) < 4.78 is 0. The molecule has 1 aliphatic rings. The number of hydrogen-bond acceptors (Lipinski definition) is 1. The smallest absolute Gasteiger partial charge is 0.0912 e. The van der Waals surface area contributed by atoms with Crippen LogP contribution in [0.5, 0.6) is 0 Å². The van der Waals surface area contributed by atoms with Crippen LogP contribution < -0.4 is 0 Å². The molecule has 0 N–H and O–H groups in total. The molecule has 0 aliphatic heterocycles. The Hall–Kier alpha value is -1.81. The van der Waals surface area contributed by atoms with Crippen molar-refractivity contribution >= 4 is 0 Å². The van der Waals surface area contributed by atoms with Gasteiger partial charge in [0, 0.05) is 6.08 Å². The summed E-state index contributed by atoms with van der Waals surface area (Å²) in [6, 6.07) is 11.4. The van der Waals surface area contributed by atoms with Gasteiger partial charge >= 0.3 is 0 Å². The van der Waals surface area contributed by atoms with Gasteiger partial charge in [-0.1, -0.05) is 55.8 Å². The second kappa shape index (κ2) is 10.1. The lowest BCUT2D eigenvalue weighted by Crippen LogP contribution is -2.13. The molecule has 1 aromatic rings. The van der Waals surface area contributed by atoms with Gasteiger partial charge in [0.2, 0.25) is 0 Å². The monoisotopic (exact) mass is 307 g/mol. The standard InChI is InChI=1S/C22H29N/c1-2-8-19-10-14-21(15-11-19)22-16-12-20(13-17-22)9-6-4-3-5-7-18-23/h3-5,7,10-11,14-15,20,22H,2,6,8-9,12-13,16-17H2,1H3/b4-3+,7-5+/t20-,22-. The Morgan fingerprint density at radius 2 is 1.83 bits per heavy atom. The lowest BCUT2D eigenvalue weighted by molar-refractivity contribution is 0.312. The summed E-state index contributed by atoms with van der Waals surface area (Å²) >= 11 is 0. The highest BCUT2D eigenvalue weighted by Gasteiger charge is 2.21. The van der Waals surface area contributed by atoms with Crippen LogP contribution in [0.2, 0.25) is 0 Å². The first kappa shape index (κ1) is 17.5. The molecule has 23 heavy (non-hydrogen) atoms. The molecule has 0 bridgehead atoms. The number of benzene rings is 1. The molecule has 2 rings (SSSR count). The van der Waals surface area contributed by atoms with Crippen LogP contribution in [0, 0.1) is 17.2 Å². The fourth-order valence-corrected chi connectivity index (χ4v) is 3.63. The third-order valence-corrected chi connectivity index (χ3v) is 5.00. The number of aryl methyl sites for hydroxylation is 1. The Bertz CT molecular complexity index is 536. The molecule has 1 nitrogen and oxygen atoms in total. The van der Waals surface area contributed by atoms with Crippen LogP contribution in [0.15, 0.2) is 48.6 Å². The van der Waals surface area contributed by atoms with Crippen molar-refractivity contribution in [3.63, 3.8) is 0 Å². The maximum Gasteiger partial charge on any atom is 0.0912 e. The summed E-state index contributed by atoms with van der Waals surface area (Å²) in [5.41, 5.74) is 3.02. The van der Waals surface area contributed by atoms with E-state index in [2.05, 4.69) is 37.3 Å². The number of allylic oxidation sites excluding steroid dienone is 4. The molecule has 1 fully saturated rings. The van der Waals surface area contributed by atoms with E-state index in [4.69, 9.17) is 5.26 Å². The molecular weight excluding hydrogens is 278 g/mol. The van der Waals surface area contributed by atoms with E-state index in [1.807, 2.05) is 18.2 Å². The van der Waals surface area contributed by atoms with Crippen LogP contribution in [0.1, 0.15) is 68.9 Å². The Kier molecular flexibility index (Phi) is 7.67. The van der Waals surface area contributed by atoms with E-state index in [-0.39, 0.29) is 0 Å². The zero-order valence-electron chi connectivity index (χ0n) is 14.4. The molecule has 0 unspecified atom stereocenters. The van der Waals surface area contributed by atoms with Crippen LogP contribution in [0.4, 0.5) is 0 Å². The number of rotatable bonds is 7. The normalized spacial score (nSPS) is 21.7.